The fraction of sp³-hybridized carbons (Fsp3) is 0.200. The first kappa shape index (κ1) is 20.9. The smallest absolute Gasteiger partial charge is 0.342 e. The standard InChI is InChI=1S/C25H21Cl2N3O2/c1-32-18-10-6-16(7-11-18)24-20-12-8-15-4-2-3-5-19(15)23(20)29-30(24)25(31)28-17-9-13-21(26)22(27)14-17/h2-7,9-11,13-14,20,24H,8,12H2,1H3,(H,28,31)/t20-,24-/m1/s1. The van der Waals surface area contributed by atoms with Gasteiger partial charge in [0.2, 0.25) is 0 Å². The molecule has 2 aliphatic rings. The Morgan fingerprint density at radius 2 is 1.84 bits per heavy atom. The molecule has 0 aromatic heterocycles. The average Bonchev–Trinajstić information content (AvgIpc) is 3.22. The zero-order valence-electron chi connectivity index (χ0n) is 17.4. The first-order valence-electron chi connectivity index (χ1n) is 10.4. The van der Waals surface area contributed by atoms with Gasteiger partial charge in [-0.05, 0) is 54.3 Å². The van der Waals surface area contributed by atoms with Crippen molar-refractivity contribution >= 4 is 40.6 Å². The van der Waals surface area contributed by atoms with Gasteiger partial charge in [0.05, 0.1) is 28.9 Å². The van der Waals surface area contributed by atoms with Gasteiger partial charge < -0.3 is 10.1 Å². The maximum Gasteiger partial charge on any atom is 0.342 e. The monoisotopic (exact) mass is 465 g/mol. The molecule has 32 heavy (non-hydrogen) atoms. The lowest BCUT2D eigenvalue weighted by molar-refractivity contribution is 0.188. The number of carbonyl (C=O) groups is 1. The molecule has 2 atom stereocenters. The van der Waals surface area contributed by atoms with Crippen molar-refractivity contribution in [2.75, 3.05) is 12.4 Å². The molecule has 0 radical (unpaired) electrons. The van der Waals surface area contributed by atoms with Gasteiger partial charge in [0, 0.05) is 17.2 Å². The number of halogens is 2. The summed E-state index contributed by atoms with van der Waals surface area (Å²) >= 11 is 12.1. The van der Waals surface area contributed by atoms with Crippen LogP contribution in [0.1, 0.15) is 29.2 Å². The highest BCUT2D eigenvalue weighted by Crippen LogP contribution is 2.44. The summed E-state index contributed by atoms with van der Waals surface area (Å²) in [6.45, 7) is 0. The van der Waals surface area contributed by atoms with E-state index < -0.39 is 0 Å². The van der Waals surface area contributed by atoms with Gasteiger partial charge in [-0.15, -0.1) is 0 Å². The predicted octanol–water partition coefficient (Wildman–Crippen LogP) is 6.56. The van der Waals surface area contributed by atoms with Gasteiger partial charge in [0.15, 0.2) is 0 Å². The summed E-state index contributed by atoms with van der Waals surface area (Å²) < 4.78 is 5.31. The highest BCUT2D eigenvalue weighted by molar-refractivity contribution is 6.42. The molecule has 0 saturated carbocycles. The predicted molar refractivity (Wildman–Crippen MR) is 128 cm³/mol. The molecule has 3 aromatic carbocycles. The van der Waals surface area contributed by atoms with Crippen molar-refractivity contribution in [3.63, 3.8) is 0 Å². The van der Waals surface area contributed by atoms with Crippen LogP contribution in [0.15, 0.2) is 71.8 Å². The molecular formula is C25H21Cl2N3O2. The summed E-state index contributed by atoms with van der Waals surface area (Å²) in [5, 5.41) is 10.1. The number of rotatable bonds is 3. The van der Waals surface area contributed by atoms with Gasteiger partial charge in [0.25, 0.3) is 0 Å². The minimum atomic E-state index is -0.316. The number of methoxy groups -OCH3 is 1. The Balaban J connectivity index is 1.53. The van der Waals surface area contributed by atoms with E-state index in [1.165, 1.54) is 5.56 Å². The molecule has 0 saturated heterocycles. The third kappa shape index (κ3) is 3.72. The van der Waals surface area contributed by atoms with Crippen LogP contribution in [0, 0.1) is 5.92 Å². The third-order valence-corrected chi connectivity index (χ3v) is 6.80. The van der Waals surface area contributed by atoms with E-state index in [0.29, 0.717) is 15.7 Å². The molecule has 1 heterocycles. The Kier molecular flexibility index (Phi) is 5.53. The summed E-state index contributed by atoms with van der Waals surface area (Å²) in [7, 11) is 1.64. The first-order valence-corrected chi connectivity index (χ1v) is 11.2. The molecule has 5 rings (SSSR count). The quantitative estimate of drug-likeness (QED) is 0.476. The van der Waals surface area contributed by atoms with E-state index in [2.05, 4.69) is 17.4 Å². The third-order valence-electron chi connectivity index (χ3n) is 6.07. The van der Waals surface area contributed by atoms with Gasteiger partial charge >= 0.3 is 6.03 Å². The minimum absolute atomic E-state index is 0.109. The zero-order chi connectivity index (χ0) is 22.2. The number of nitrogens with zero attached hydrogens (tertiary/aromatic N) is 2. The number of fused-ring (bicyclic) bond motifs is 3. The van der Waals surface area contributed by atoms with E-state index in [4.69, 9.17) is 33.0 Å². The Bertz CT molecular complexity index is 1210. The number of nitrogens with one attached hydrogen (secondary N) is 1. The van der Waals surface area contributed by atoms with Crippen molar-refractivity contribution in [1.29, 1.82) is 0 Å². The van der Waals surface area contributed by atoms with Crippen LogP contribution < -0.4 is 10.1 Å². The van der Waals surface area contributed by atoms with Crippen molar-refractivity contribution in [2.24, 2.45) is 11.0 Å². The maximum atomic E-state index is 13.4. The summed E-state index contributed by atoms with van der Waals surface area (Å²) in [4.78, 5) is 13.4. The maximum absolute atomic E-state index is 13.4. The first-order chi connectivity index (χ1) is 15.5. The van der Waals surface area contributed by atoms with Crippen LogP contribution in [0.4, 0.5) is 10.5 Å². The van der Waals surface area contributed by atoms with E-state index in [1.54, 1.807) is 30.3 Å². The number of benzene rings is 3. The number of hydrogen-bond acceptors (Lipinski definition) is 3. The zero-order valence-corrected chi connectivity index (χ0v) is 18.9. The van der Waals surface area contributed by atoms with Crippen LogP contribution in [-0.2, 0) is 6.42 Å². The molecule has 7 heteroatoms. The summed E-state index contributed by atoms with van der Waals surface area (Å²) in [5.41, 5.74) is 4.92. The number of anilines is 1. The largest absolute Gasteiger partial charge is 0.497 e. The number of aryl methyl sites for hydroxylation is 1. The average molecular weight is 466 g/mol. The van der Waals surface area contributed by atoms with Crippen LogP contribution in [0.2, 0.25) is 10.0 Å². The molecular weight excluding hydrogens is 445 g/mol. The number of urea groups is 1. The van der Waals surface area contributed by atoms with Crippen LogP contribution in [-0.4, -0.2) is 23.9 Å². The summed E-state index contributed by atoms with van der Waals surface area (Å²) in [6.07, 6.45) is 1.87. The van der Waals surface area contributed by atoms with Gasteiger partial charge in [-0.2, -0.15) is 5.10 Å². The van der Waals surface area contributed by atoms with Crippen LogP contribution in [0.5, 0.6) is 5.75 Å². The normalized spacial score (nSPS) is 19.1. The lowest BCUT2D eigenvalue weighted by Crippen LogP contribution is -2.34. The van der Waals surface area contributed by atoms with Gasteiger partial charge in [-0.3, -0.25) is 0 Å². The molecule has 162 valence electrons. The Hall–Kier alpha value is -3.02. The van der Waals surface area contributed by atoms with Crippen LogP contribution in [0.25, 0.3) is 0 Å². The fourth-order valence-electron chi connectivity index (χ4n) is 4.52. The van der Waals surface area contributed by atoms with Crippen molar-refractivity contribution in [3.05, 3.63) is 93.5 Å². The molecule has 1 aliphatic heterocycles. The summed E-state index contributed by atoms with van der Waals surface area (Å²) in [5.74, 6) is 0.881. The Morgan fingerprint density at radius 3 is 2.59 bits per heavy atom. The molecule has 2 amide bonds. The second kappa shape index (κ2) is 8.49. The molecule has 0 spiro atoms. The molecule has 1 aliphatic carbocycles. The molecule has 5 nitrogen and oxygen atoms in total. The van der Waals surface area contributed by atoms with Crippen molar-refractivity contribution in [1.82, 2.24) is 5.01 Å². The van der Waals surface area contributed by atoms with E-state index in [0.717, 1.165) is 35.4 Å². The van der Waals surface area contributed by atoms with Crippen molar-refractivity contribution < 1.29 is 9.53 Å². The van der Waals surface area contributed by atoms with Gasteiger partial charge in [-0.1, -0.05) is 59.6 Å². The molecule has 0 fully saturated rings. The van der Waals surface area contributed by atoms with E-state index in [-0.39, 0.29) is 18.0 Å². The molecule has 0 unspecified atom stereocenters. The second-order valence-electron chi connectivity index (χ2n) is 7.91. The number of amides is 2. The molecule has 0 bridgehead atoms. The highest BCUT2D eigenvalue weighted by Gasteiger charge is 2.43. The van der Waals surface area contributed by atoms with Gasteiger partial charge in [-0.25, -0.2) is 9.80 Å². The fourth-order valence-corrected chi connectivity index (χ4v) is 4.82. The van der Waals surface area contributed by atoms with Gasteiger partial charge in [0.1, 0.15) is 5.75 Å². The highest BCUT2D eigenvalue weighted by atomic mass is 35.5. The Morgan fingerprint density at radius 1 is 1.06 bits per heavy atom. The minimum Gasteiger partial charge on any atom is -0.497 e. The van der Waals surface area contributed by atoms with Crippen molar-refractivity contribution in [3.8, 4) is 5.75 Å². The SMILES string of the molecule is COc1ccc([C@@H]2[C@@H]3CCc4ccccc4C3=NN2C(=O)Nc2ccc(Cl)c(Cl)c2)cc1. The molecule has 1 N–H and O–H groups in total. The van der Waals surface area contributed by atoms with Crippen LogP contribution >= 0.6 is 23.2 Å². The number of hydrogen-bond donors (Lipinski definition) is 1. The number of carbonyl (C=O) groups excluding carboxylic acids is 1. The van der Waals surface area contributed by atoms with Crippen molar-refractivity contribution in [2.45, 2.75) is 18.9 Å². The van der Waals surface area contributed by atoms with E-state index in [9.17, 15) is 4.79 Å². The van der Waals surface area contributed by atoms with E-state index in [1.807, 2.05) is 36.4 Å². The Labute approximate surface area is 196 Å². The number of ether oxygens (including phenoxy) is 1. The lowest BCUT2D eigenvalue weighted by atomic mass is 9.77. The van der Waals surface area contributed by atoms with E-state index >= 15 is 0 Å². The number of hydrazone groups is 1. The summed E-state index contributed by atoms with van der Waals surface area (Å²) in [6, 6.07) is 20.6. The van der Waals surface area contributed by atoms with Crippen LogP contribution in [0.3, 0.4) is 0 Å². The lowest BCUT2D eigenvalue weighted by Gasteiger charge is -2.29. The topological polar surface area (TPSA) is 53.9 Å². The molecule has 3 aromatic rings. The second-order valence-corrected chi connectivity index (χ2v) is 8.72.